The van der Waals surface area contributed by atoms with Gasteiger partial charge in [0.2, 0.25) is 0 Å². The van der Waals surface area contributed by atoms with E-state index in [0.29, 0.717) is 5.92 Å². The zero-order chi connectivity index (χ0) is 17.8. The van der Waals surface area contributed by atoms with Crippen LogP contribution in [0.25, 0.3) is 0 Å². The third-order valence-corrected chi connectivity index (χ3v) is 5.48. The lowest BCUT2D eigenvalue weighted by molar-refractivity contribution is 0.203. The zero-order valence-corrected chi connectivity index (χ0v) is 15.5. The average molecular weight is 367 g/mol. The minimum atomic E-state index is 0.542. The van der Waals surface area contributed by atoms with Crippen LogP contribution < -0.4 is 0 Å². The predicted molar refractivity (Wildman–Crippen MR) is 104 cm³/mol. The number of nitrogens with zero attached hydrogens (tertiary/aromatic N) is 3. The van der Waals surface area contributed by atoms with Gasteiger partial charge < -0.3 is 0 Å². The number of halogens is 1. The van der Waals surface area contributed by atoms with Gasteiger partial charge in [-0.05, 0) is 49.2 Å². The first-order valence-electron chi connectivity index (χ1n) is 9.17. The third-order valence-electron chi connectivity index (χ3n) is 5.14. The Morgan fingerprint density at radius 2 is 1.92 bits per heavy atom. The Morgan fingerprint density at radius 3 is 2.69 bits per heavy atom. The number of aromatic amines is 1. The third kappa shape index (κ3) is 4.14. The van der Waals surface area contributed by atoms with Crippen LogP contribution in [0.4, 0.5) is 0 Å². The van der Waals surface area contributed by atoms with E-state index in [1.54, 1.807) is 6.20 Å². The van der Waals surface area contributed by atoms with E-state index in [0.717, 1.165) is 49.5 Å². The molecule has 4 rings (SSSR count). The summed E-state index contributed by atoms with van der Waals surface area (Å²) in [5, 5.41) is 8.57. The summed E-state index contributed by atoms with van der Waals surface area (Å²) in [7, 11) is 0. The summed E-state index contributed by atoms with van der Waals surface area (Å²) in [6.45, 7) is 3.04. The molecule has 1 N–H and O–H groups in total. The number of hydrogen-bond acceptors (Lipinski definition) is 3. The lowest BCUT2D eigenvalue weighted by Gasteiger charge is -2.31. The van der Waals surface area contributed by atoms with E-state index in [-0.39, 0.29) is 0 Å². The normalized spacial score (nSPS) is 16.0. The van der Waals surface area contributed by atoms with Gasteiger partial charge in [-0.2, -0.15) is 5.10 Å². The lowest BCUT2D eigenvalue weighted by atomic mass is 9.93. The van der Waals surface area contributed by atoms with E-state index in [2.05, 4.69) is 56.5 Å². The Balaban J connectivity index is 1.33. The smallest absolute Gasteiger partial charge is 0.0656 e. The molecule has 0 aliphatic carbocycles. The largest absolute Gasteiger partial charge is 0.299 e. The van der Waals surface area contributed by atoms with Gasteiger partial charge in [0, 0.05) is 37.0 Å². The number of benzene rings is 1. The van der Waals surface area contributed by atoms with E-state index < -0.39 is 0 Å². The van der Waals surface area contributed by atoms with Crippen LogP contribution in [0.5, 0.6) is 0 Å². The Labute approximate surface area is 159 Å². The van der Waals surface area contributed by atoms with Crippen molar-refractivity contribution in [3.63, 3.8) is 0 Å². The van der Waals surface area contributed by atoms with Gasteiger partial charge in [0.25, 0.3) is 0 Å². The molecule has 1 fully saturated rings. The Bertz CT molecular complexity index is 838. The molecule has 2 aromatic heterocycles. The molecule has 3 heterocycles. The molecular formula is C21H23ClN4. The summed E-state index contributed by atoms with van der Waals surface area (Å²) in [5.74, 6) is 0.542. The number of piperidine rings is 1. The van der Waals surface area contributed by atoms with Crippen molar-refractivity contribution >= 4 is 11.6 Å². The first-order valence-corrected chi connectivity index (χ1v) is 9.54. The highest BCUT2D eigenvalue weighted by atomic mass is 35.5. The lowest BCUT2D eigenvalue weighted by Crippen LogP contribution is -2.32. The van der Waals surface area contributed by atoms with Crippen LogP contribution in [0, 0.1) is 0 Å². The van der Waals surface area contributed by atoms with E-state index in [9.17, 15) is 0 Å². The highest BCUT2D eigenvalue weighted by Crippen LogP contribution is 2.28. The van der Waals surface area contributed by atoms with Gasteiger partial charge in [-0.3, -0.25) is 15.0 Å². The van der Waals surface area contributed by atoms with Crippen molar-refractivity contribution in [1.29, 1.82) is 0 Å². The number of H-pyrrole nitrogens is 1. The molecule has 0 bridgehead atoms. The maximum Gasteiger partial charge on any atom is 0.0656 e. The van der Waals surface area contributed by atoms with Crippen molar-refractivity contribution in [2.24, 2.45) is 0 Å². The SMILES string of the molecule is Clc1cnccc1CN1CCC(c2cc(Cc3ccccc3)[nH]n2)CC1. The van der Waals surface area contributed by atoms with Crippen LogP contribution in [-0.2, 0) is 13.0 Å². The quantitative estimate of drug-likeness (QED) is 0.726. The first-order chi connectivity index (χ1) is 12.8. The molecule has 0 saturated carbocycles. The molecule has 0 amide bonds. The van der Waals surface area contributed by atoms with Crippen LogP contribution in [-0.4, -0.2) is 33.2 Å². The van der Waals surface area contributed by atoms with Crippen molar-refractivity contribution < 1.29 is 0 Å². The van der Waals surface area contributed by atoms with Gasteiger partial charge in [-0.15, -0.1) is 0 Å². The molecule has 0 spiro atoms. The molecule has 134 valence electrons. The van der Waals surface area contributed by atoms with E-state index in [4.69, 9.17) is 11.6 Å². The second-order valence-electron chi connectivity index (χ2n) is 7.00. The zero-order valence-electron chi connectivity index (χ0n) is 14.7. The van der Waals surface area contributed by atoms with Gasteiger partial charge in [-0.25, -0.2) is 0 Å². The number of likely N-dealkylation sites (tertiary alicyclic amines) is 1. The van der Waals surface area contributed by atoms with Gasteiger partial charge in [0.1, 0.15) is 0 Å². The molecular weight excluding hydrogens is 344 g/mol. The first kappa shape index (κ1) is 17.3. The molecule has 0 atom stereocenters. The molecule has 0 unspecified atom stereocenters. The van der Waals surface area contributed by atoms with Crippen molar-refractivity contribution in [2.45, 2.75) is 31.7 Å². The molecule has 0 radical (unpaired) electrons. The highest BCUT2D eigenvalue weighted by Gasteiger charge is 2.23. The van der Waals surface area contributed by atoms with Crippen molar-refractivity contribution in [3.05, 3.63) is 82.4 Å². The van der Waals surface area contributed by atoms with Crippen molar-refractivity contribution in [1.82, 2.24) is 20.1 Å². The summed E-state index contributed by atoms with van der Waals surface area (Å²) in [4.78, 5) is 6.53. The van der Waals surface area contributed by atoms with Crippen LogP contribution in [0.3, 0.4) is 0 Å². The number of rotatable bonds is 5. The number of hydrogen-bond donors (Lipinski definition) is 1. The van der Waals surface area contributed by atoms with Crippen LogP contribution in [0.2, 0.25) is 5.02 Å². The summed E-state index contributed by atoms with van der Waals surface area (Å²) < 4.78 is 0. The monoisotopic (exact) mass is 366 g/mol. The fourth-order valence-corrected chi connectivity index (χ4v) is 3.83. The summed E-state index contributed by atoms with van der Waals surface area (Å²) in [6, 6.07) is 14.8. The number of pyridine rings is 1. The average Bonchev–Trinajstić information content (AvgIpc) is 3.13. The molecule has 5 heteroatoms. The molecule has 1 aromatic carbocycles. The van der Waals surface area contributed by atoms with Gasteiger partial charge >= 0.3 is 0 Å². The Hall–Kier alpha value is -2.17. The fourth-order valence-electron chi connectivity index (χ4n) is 3.65. The van der Waals surface area contributed by atoms with Crippen LogP contribution in [0.15, 0.2) is 54.9 Å². The Morgan fingerprint density at radius 1 is 1.12 bits per heavy atom. The van der Waals surface area contributed by atoms with Crippen LogP contribution in [0.1, 0.15) is 41.3 Å². The molecule has 1 aliphatic rings. The minimum absolute atomic E-state index is 0.542. The van der Waals surface area contributed by atoms with Crippen molar-refractivity contribution in [3.8, 4) is 0 Å². The molecule has 1 saturated heterocycles. The predicted octanol–water partition coefficient (Wildman–Crippen LogP) is 4.43. The minimum Gasteiger partial charge on any atom is -0.299 e. The van der Waals surface area contributed by atoms with Gasteiger partial charge in [0.05, 0.1) is 10.7 Å². The molecule has 26 heavy (non-hydrogen) atoms. The Kier molecular flexibility index (Phi) is 5.32. The summed E-state index contributed by atoms with van der Waals surface area (Å²) in [6.07, 6.45) is 6.72. The highest BCUT2D eigenvalue weighted by molar-refractivity contribution is 6.31. The second kappa shape index (κ2) is 8.02. The standard InChI is InChI=1S/C21H23ClN4/c22-20-14-23-9-6-18(20)15-26-10-7-17(8-11-26)21-13-19(24-25-21)12-16-4-2-1-3-5-16/h1-6,9,13-14,17H,7-8,10-12,15H2,(H,24,25). The second-order valence-corrected chi connectivity index (χ2v) is 7.41. The van der Waals surface area contributed by atoms with Gasteiger partial charge in [0.15, 0.2) is 0 Å². The molecule has 1 aliphatic heterocycles. The fraction of sp³-hybridized carbons (Fsp3) is 0.333. The van der Waals surface area contributed by atoms with Crippen LogP contribution >= 0.6 is 11.6 Å². The van der Waals surface area contributed by atoms with E-state index in [1.807, 2.05) is 12.3 Å². The van der Waals surface area contributed by atoms with E-state index in [1.165, 1.54) is 17.0 Å². The number of nitrogens with one attached hydrogen (secondary N) is 1. The van der Waals surface area contributed by atoms with Gasteiger partial charge in [-0.1, -0.05) is 41.9 Å². The summed E-state index contributed by atoms with van der Waals surface area (Å²) >= 11 is 6.23. The molecule has 3 aromatic rings. The van der Waals surface area contributed by atoms with Crippen molar-refractivity contribution in [2.75, 3.05) is 13.1 Å². The molecule has 4 nitrogen and oxygen atoms in total. The van der Waals surface area contributed by atoms with E-state index >= 15 is 0 Å². The topological polar surface area (TPSA) is 44.8 Å². The summed E-state index contributed by atoms with van der Waals surface area (Å²) in [5.41, 5.74) is 4.87. The maximum absolute atomic E-state index is 6.23. The maximum atomic E-state index is 6.23. The number of aromatic nitrogens is 3.